The summed E-state index contributed by atoms with van der Waals surface area (Å²) in [7, 11) is 1.63. The maximum absolute atomic E-state index is 12.8. The molecule has 4 rings (SSSR count). The van der Waals surface area contributed by atoms with Crippen molar-refractivity contribution >= 4 is 29.7 Å². The van der Waals surface area contributed by atoms with E-state index in [0.717, 1.165) is 16.9 Å². The van der Waals surface area contributed by atoms with Crippen LogP contribution in [0.2, 0.25) is 0 Å². The molecular formula is C23H17NO3. The Kier molecular flexibility index (Phi) is 4.30. The van der Waals surface area contributed by atoms with E-state index in [9.17, 15) is 9.59 Å². The second-order valence-electron chi connectivity index (χ2n) is 6.16. The quantitative estimate of drug-likeness (QED) is 0.505. The third-order valence-corrected chi connectivity index (χ3v) is 4.52. The van der Waals surface area contributed by atoms with Crippen LogP contribution in [0, 0.1) is 0 Å². The van der Waals surface area contributed by atoms with Gasteiger partial charge in [0.1, 0.15) is 5.75 Å². The topological polar surface area (TPSA) is 46.6 Å². The van der Waals surface area contributed by atoms with E-state index in [1.54, 1.807) is 37.4 Å². The van der Waals surface area contributed by atoms with Crippen LogP contribution in [0.4, 0.5) is 5.69 Å². The number of carbonyl (C=O) groups excluding carboxylic acids is 2. The minimum atomic E-state index is -0.294. The van der Waals surface area contributed by atoms with E-state index in [4.69, 9.17) is 4.74 Å². The van der Waals surface area contributed by atoms with Crippen molar-refractivity contribution in [3.8, 4) is 5.75 Å². The van der Waals surface area contributed by atoms with E-state index in [1.165, 1.54) is 4.90 Å². The molecule has 0 atom stereocenters. The number of methoxy groups -OCH3 is 1. The Hall–Kier alpha value is -3.66. The molecule has 27 heavy (non-hydrogen) atoms. The van der Waals surface area contributed by atoms with Crippen molar-refractivity contribution in [3.05, 3.63) is 95.1 Å². The molecule has 0 spiro atoms. The van der Waals surface area contributed by atoms with Gasteiger partial charge in [-0.3, -0.25) is 9.59 Å². The van der Waals surface area contributed by atoms with Gasteiger partial charge >= 0.3 is 0 Å². The second kappa shape index (κ2) is 6.92. The van der Waals surface area contributed by atoms with E-state index in [1.807, 2.05) is 54.6 Å². The summed E-state index contributed by atoms with van der Waals surface area (Å²) in [6.45, 7) is 0. The van der Waals surface area contributed by atoms with Crippen molar-refractivity contribution in [3.63, 3.8) is 0 Å². The Morgan fingerprint density at radius 2 is 1.44 bits per heavy atom. The number of amides is 2. The van der Waals surface area contributed by atoms with Crippen LogP contribution in [0.3, 0.4) is 0 Å². The van der Waals surface area contributed by atoms with Gasteiger partial charge in [-0.1, -0.05) is 54.6 Å². The van der Waals surface area contributed by atoms with E-state index in [2.05, 4.69) is 0 Å². The molecule has 0 saturated heterocycles. The zero-order chi connectivity index (χ0) is 18.8. The molecule has 0 radical (unpaired) electrons. The summed E-state index contributed by atoms with van der Waals surface area (Å²) in [5, 5.41) is 0. The molecule has 4 nitrogen and oxygen atoms in total. The molecule has 1 heterocycles. The van der Waals surface area contributed by atoms with Crippen LogP contribution in [-0.4, -0.2) is 18.9 Å². The van der Waals surface area contributed by atoms with Crippen molar-refractivity contribution in [2.75, 3.05) is 12.0 Å². The molecule has 2 amide bonds. The number of anilines is 1. The SMILES string of the molecule is COc1cccc(/C=C/c2ccccc2N2C(=O)c3ccccc3C2=O)c1. The molecule has 0 saturated carbocycles. The molecule has 1 aliphatic rings. The lowest BCUT2D eigenvalue weighted by Crippen LogP contribution is -2.29. The zero-order valence-electron chi connectivity index (χ0n) is 14.8. The van der Waals surface area contributed by atoms with E-state index in [-0.39, 0.29) is 11.8 Å². The molecular weight excluding hydrogens is 338 g/mol. The number of fused-ring (bicyclic) bond motifs is 1. The summed E-state index contributed by atoms with van der Waals surface area (Å²) >= 11 is 0. The van der Waals surface area contributed by atoms with Crippen molar-refractivity contribution < 1.29 is 14.3 Å². The van der Waals surface area contributed by atoms with Crippen molar-refractivity contribution in [1.82, 2.24) is 0 Å². The third-order valence-electron chi connectivity index (χ3n) is 4.52. The largest absolute Gasteiger partial charge is 0.497 e. The molecule has 3 aromatic rings. The Morgan fingerprint density at radius 3 is 2.15 bits per heavy atom. The first kappa shape index (κ1) is 16.8. The Balaban J connectivity index is 1.71. The van der Waals surface area contributed by atoms with Crippen molar-refractivity contribution in [2.45, 2.75) is 0 Å². The third kappa shape index (κ3) is 3.02. The molecule has 132 valence electrons. The van der Waals surface area contributed by atoms with Gasteiger partial charge in [-0.2, -0.15) is 0 Å². The fourth-order valence-electron chi connectivity index (χ4n) is 3.17. The molecule has 1 aliphatic heterocycles. The molecule has 0 fully saturated rings. The maximum atomic E-state index is 12.8. The molecule has 0 aromatic heterocycles. The molecule has 0 aliphatic carbocycles. The van der Waals surface area contributed by atoms with Crippen LogP contribution < -0.4 is 9.64 Å². The van der Waals surface area contributed by atoms with Gasteiger partial charge in [0.2, 0.25) is 0 Å². The molecule has 0 unspecified atom stereocenters. The summed E-state index contributed by atoms with van der Waals surface area (Å²) in [6.07, 6.45) is 3.83. The van der Waals surface area contributed by atoms with Crippen LogP contribution in [0.5, 0.6) is 5.75 Å². The highest BCUT2D eigenvalue weighted by Crippen LogP contribution is 2.31. The first-order valence-corrected chi connectivity index (χ1v) is 8.58. The predicted molar refractivity (Wildman–Crippen MR) is 106 cm³/mol. The smallest absolute Gasteiger partial charge is 0.266 e. The number of hydrogen-bond acceptors (Lipinski definition) is 3. The number of hydrogen-bond donors (Lipinski definition) is 0. The second-order valence-corrected chi connectivity index (χ2v) is 6.16. The van der Waals surface area contributed by atoms with Crippen molar-refractivity contribution in [1.29, 1.82) is 0 Å². The lowest BCUT2D eigenvalue weighted by atomic mass is 10.1. The molecule has 0 bridgehead atoms. The molecule has 3 aromatic carbocycles. The highest BCUT2D eigenvalue weighted by atomic mass is 16.5. The number of imide groups is 1. The van der Waals surface area contributed by atoms with Gasteiger partial charge in [-0.25, -0.2) is 4.90 Å². The normalized spacial score (nSPS) is 13.3. The van der Waals surface area contributed by atoms with Gasteiger partial charge < -0.3 is 4.74 Å². The monoisotopic (exact) mass is 355 g/mol. The minimum absolute atomic E-state index is 0.294. The van der Waals surface area contributed by atoms with Crippen molar-refractivity contribution in [2.24, 2.45) is 0 Å². The van der Waals surface area contributed by atoms with Crippen LogP contribution in [0.25, 0.3) is 12.2 Å². The lowest BCUT2D eigenvalue weighted by molar-refractivity contribution is 0.0926. The number of benzene rings is 3. The minimum Gasteiger partial charge on any atom is -0.497 e. The van der Waals surface area contributed by atoms with Gasteiger partial charge in [0.25, 0.3) is 11.8 Å². The highest BCUT2D eigenvalue weighted by Gasteiger charge is 2.36. The van der Waals surface area contributed by atoms with Gasteiger partial charge in [0.15, 0.2) is 0 Å². The van der Waals surface area contributed by atoms with E-state index < -0.39 is 0 Å². The Bertz CT molecular complexity index is 1030. The number of para-hydroxylation sites is 1. The molecule has 4 heteroatoms. The van der Waals surface area contributed by atoms with Crippen LogP contribution in [0.15, 0.2) is 72.8 Å². The predicted octanol–water partition coefficient (Wildman–Crippen LogP) is 4.67. The number of rotatable bonds is 4. The first-order chi connectivity index (χ1) is 13.2. The fourth-order valence-corrected chi connectivity index (χ4v) is 3.17. The average molecular weight is 355 g/mol. The fraction of sp³-hybridized carbons (Fsp3) is 0.0435. The summed E-state index contributed by atoms with van der Waals surface area (Å²) in [5.74, 6) is 0.182. The Morgan fingerprint density at radius 1 is 0.778 bits per heavy atom. The standard InChI is InChI=1S/C23H17NO3/c1-27-18-9-6-7-16(15-18)13-14-17-8-2-5-12-21(17)24-22(25)19-10-3-4-11-20(19)23(24)26/h2-15H,1H3/b14-13+. The summed E-state index contributed by atoms with van der Waals surface area (Å²) in [6, 6.07) is 21.9. The lowest BCUT2D eigenvalue weighted by Gasteiger charge is -2.16. The van der Waals surface area contributed by atoms with E-state index in [0.29, 0.717) is 16.8 Å². The molecule has 0 N–H and O–H groups in total. The van der Waals surface area contributed by atoms with E-state index >= 15 is 0 Å². The first-order valence-electron chi connectivity index (χ1n) is 8.58. The highest BCUT2D eigenvalue weighted by molar-refractivity contribution is 6.34. The van der Waals surface area contributed by atoms with Crippen LogP contribution in [0.1, 0.15) is 31.8 Å². The maximum Gasteiger partial charge on any atom is 0.266 e. The van der Waals surface area contributed by atoms with Crippen LogP contribution >= 0.6 is 0 Å². The number of carbonyl (C=O) groups is 2. The van der Waals surface area contributed by atoms with Gasteiger partial charge in [0, 0.05) is 0 Å². The summed E-state index contributed by atoms with van der Waals surface area (Å²) in [4.78, 5) is 26.8. The summed E-state index contributed by atoms with van der Waals surface area (Å²) in [5.41, 5.74) is 3.20. The number of ether oxygens (including phenoxy) is 1. The van der Waals surface area contributed by atoms with Gasteiger partial charge in [-0.15, -0.1) is 0 Å². The van der Waals surface area contributed by atoms with Crippen LogP contribution in [-0.2, 0) is 0 Å². The number of nitrogens with zero attached hydrogens (tertiary/aromatic N) is 1. The Labute approximate surface area is 157 Å². The zero-order valence-corrected chi connectivity index (χ0v) is 14.8. The van der Waals surface area contributed by atoms with Gasteiger partial charge in [-0.05, 0) is 41.5 Å². The summed E-state index contributed by atoms with van der Waals surface area (Å²) < 4.78 is 5.24. The van der Waals surface area contributed by atoms with Gasteiger partial charge in [0.05, 0.1) is 23.9 Å². The average Bonchev–Trinajstić information content (AvgIpc) is 2.97.